The van der Waals surface area contributed by atoms with Crippen molar-refractivity contribution < 1.29 is 9.59 Å². The lowest BCUT2D eigenvalue weighted by Gasteiger charge is -2.14. The Morgan fingerprint density at radius 3 is 2.28 bits per heavy atom. The van der Waals surface area contributed by atoms with Crippen molar-refractivity contribution >= 4 is 22.6 Å². The molecule has 0 radical (unpaired) electrons. The molecule has 0 aliphatic carbocycles. The Morgan fingerprint density at radius 1 is 1.00 bits per heavy atom. The molecule has 2 aromatic heterocycles. The molecule has 1 aromatic carbocycles. The highest BCUT2D eigenvalue weighted by atomic mass is 16.2. The maximum atomic E-state index is 12.8. The highest BCUT2D eigenvalue weighted by Crippen LogP contribution is 2.16. The predicted octanol–water partition coefficient (Wildman–Crippen LogP) is 2.45. The number of hydrazine groups is 1. The van der Waals surface area contributed by atoms with Crippen molar-refractivity contribution in [3.05, 3.63) is 57.3 Å². The molecule has 0 atom stereocenters. The maximum Gasteiger partial charge on any atom is 0.290 e. The normalized spacial score (nSPS) is 11.4. The number of aromatic nitrogens is 4. The highest BCUT2D eigenvalue weighted by Gasteiger charge is 2.20. The van der Waals surface area contributed by atoms with E-state index in [1.54, 1.807) is 24.3 Å². The van der Waals surface area contributed by atoms with Crippen LogP contribution in [0.4, 0.5) is 0 Å². The number of hydrogen-bond acceptors (Lipinski definition) is 5. The lowest BCUT2D eigenvalue weighted by Crippen LogP contribution is -2.43. The van der Waals surface area contributed by atoms with E-state index in [1.807, 2.05) is 32.4 Å². The Hall–Kier alpha value is -3.49. The number of amides is 2. The van der Waals surface area contributed by atoms with E-state index in [1.165, 1.54) is 4.68 Å². The van der Waals surface area contributed by atoms with Gasteiger partial charge in [-0.2, -0.15) is 10.2 Å². The molecule has 2 N–H and O–H groups in total. The molecule has 32 heavy (non-hydrogen) atoms. The number of rotatable bonds is 6. The molecule has 9 nitrogen and oxygen atoms in total. The molecule has 9 heteroatoms. The van der Waals surface area contributed by atoms with E-state index in [4.69, 9.17) is 0 Å². The minimum Gasteiger partial charge on any atom is -0.273 e. The number of hydrogen-bond donors (Lipinski definition) is 2. The summed E-state index contributed by atoms with van der Waals surface area (Å²) in [6.07, 6.45) is 0.0930. The van der Waals surface area contributed by atoms with Crippen LogP contribution in [0, 0.1) is 19.8 Å². The van der Waals surface area contributed by atoms with Gasteiger partial charge in [0.05, 0.1) is 23.5 Å². The van der Waals surface area contributed by atoms with Crippen LogP contribution in [-0.4, -0.2) is 31.4 Å². The van der Waals surface area contributed by atoms with E-state index in [-0.39, 0.29) is 29.6 Å². The van der Waals surface area contributed by atoms with Crippen LogP contribution in [0.15, 0.2) is 29.1 Å². The molecular weight excluding hydrogens is 408 g/mol. The van der Waals surface area contributed by atoms with E-state index >= 15 is 0 Å². The summed E-state index contributed by atoms with van der Waals surface area (Å²) in [6, 6.07) is 6.58. The highest BCUT2D eigenvalue weighted by molar-refractivity contribution is 6.05. The second-order valence-corrected chi connectivity index (χ2v) is 8.64. The summed E-state index contributed by atoms with van der Waals surface area (Å²) in [6.45, 7) is 12.4. The van der Waals surface area contributed by atoms with E-state index in [2.05, 4.69) is 34.9 Å². The third-order valence-electron chi connectivity index (χ3n) is 5.25. The molecule has 0 saturated heterocycles. The molecule has 0 saturated carbocycles. The largest absolute Gasteiger partial charge is 0.290 e. The quantitative estimate of drug-likeness (QED) is 0.575. The molecule has 0 spiro atoms. The van der Waals surface area contributed by atoms with Crippen LogP contribution in [0.3, 0.4) is 0 Å². The molecule has 0 aliphatic heterocycles. The number of benzene rings is 1. The van der Waals surface area contributed by atoms with E-state index in [9.17, 15) is 14.4 Å². The average molecular weight is 439 g/mol. The van der Waals surface area contributed by atoms with E-state index in [0.29, 0.717) is 16.7 Å². The van der Waals surface area contributed by atoms with Gasteiger partial charge in [0, 0.05) is 23.2 Å². The summed E-state index contributed by atoms with van der Waals surface area (Å²) in [5.74, 6) is -0.520. The van der Waals surface area contributed by atoms with E-state index in [0.717, 1.165) is 23.5 Å². The molecule has 170 valence electrons. The van der Waals surface area contributed by atoms with Crippen molar-refractivity contribution in [2.24, 2.45) is 5.92 Å². The topological polar surface area (TPSA) is 111 Å². The van der Waals surface area contributed by atoms with Gasteiger partial charge in [-0.3, -0.25) is 29.9 Å². The molecule has 3 aromatic rings. The molecule has 0 bridgehead atoms. The van der Waals surface area contributed by atoms with Crippen molar-refractivity contribution in [1.82, 2.24) is 30.4 Å². The first-order chi connectivity index (χ1) is 15.1. The second kappa shape index (κ2) is 9.33. The van der Waals surface area contributed by atoms with Gasteiger partial charge in [0.15, 0.2) is 5.69 Å². The zero-order valence-corrected chi connectivity index (χ0v) is 19.4. The standard InChI is InChI=1S/C23H30N6O3/c1-13(2)12-28-16(6)19(15(5)26-28)11-20(30)24-25-22(31)21-17-9-7-8-10-18(17)23(32)29(27-21)14(3)4/h7-10,13-14H,11-12H2,1-6H3,(H,24,30)(H,25,31). The summed E-state index contributed by atoms with van der Waals surface area (Å²) in [4.78, 5) is 38.0. The summed E-state index contributed by atoms with van der Waals surface area (Å²) in [5.41, 5.74) is 7.28. The molecule has 2 heterocycles. The number of aryl methyl sites for hydroxylation is 1. The van der Waals surface area contributed by atoms with E-state index < -0.39 is 5.91 Å². The average Bonchev–Trinajstić information content (AvgIpc) is 2.99. The van der Waals surface area contributed by atoms with Crippen molar-refractivity contribution in [3.63, 3.8) is 0 Å². The Bertz CT molecular complexity index is 1220. The molecule has 0 unspecified atom stereocenters. The minimum absolute atomic E-state index is 0.0753. The zero-order valence-electron chi connectivity index (χ0n) is 19.4. The third-order valence-corrected chi connectivity index (χ3v) is 5.25. The van der Waals surface area contributed by atoms with Gasteiger partial charge >= 0.3 is 0 Å². The summed E-state index contributed by atoms with van der Waals surface area (Å²) in [7, 11) is 0. The van der Waals surface area contributed by atoms with Crippen molar-refractivity contribution in [3.8, 4) is 0 Å². The predicted molar refractivity (Wildman–Crippen MR) is 122 cm³/mol. The smallest absolute Gasteiger partial charge is 0.273 e. The summed E-state index contributed by atoms with van der Waals surface area (Å²) >= 11 is 0. The molecule has 3 rings (SSSR count). The Balaban J connectivity index is 1.78. The molecular formula is C23H30N6O3. The number of nitrogens with one attached hydrogen (secondary N) is 2. The fourth-order valence-corrected chi connectivity index (χ4v) is 3.63. The number of carbonyl (C=O) groups excluding carboxylic acids is 2. The molecule has 0 aliphatic rings. The maximum absolute atomic E-state index is 12.8. The van der Waals surface area contributed by atoms with Crippen LogP contribution >= 0.6 is 0 Å². The van der Waals surface area contributed by atoms with Crippen molar-refractivity contribution in [2.45, 2.75) is 60.5 Å². The monoisotopic (exact) mass is 438 g/mol. The van der Waals surface area contributed by atoms with Crippen molar-refractivity contribution in [2.75, 3.05) is 0 Å². The molecule has 2 amide bonds. The first kappa shape index (κ1) is 23.2. The number of nitrogens with zero attached hydrogens (tertiary/aromatic N) is 4. The lowest BCUT2D eigenvalue weighted by molar-refractivity contribution is -0.121. The van der Waals surface area contributed by atoms with Crippen LogP contribution in [0.1, 0.15) is 61.2 Å². The Kier molecular flexibility index (Phi) is 6.76. The second-order valence-electron chi connectivity index (χ2n) is 8.64. The van der Waals surface area contributed by atoms with Crippen LogP contribution in [0.25, 0.3) is 10.8 Å². The fourth-order valence-electron chi connectivity index (χ4n) is 3.63. The molecule has 0 fully saturated rings. The van der Waals surface area contributed by atoms with Gasteiger partial charge in [-0.15, -0.1) is 0 Å². The fraction of sp³-hybridized carbons (Fsp3) is 0.435. The number of carbonyl (C=O) groups is 2. The van der Waals surface area contributed by atoms with Crippen LogP contribution in [0.2, 0.25) is 0 Å². The first-order valence-electron chi connectivity index (χ1n) is 10.7. The summed E-state index contributed by atoms with van der Waals surface area (Å²) < 4.78 is 3.18. The first-order valence-corrected chi connectivity index (χ1v) is 10.7. The van der Waals surface area contributed by atoms with Crippen LogP contribution in [-0.2, 0) is 17.8 Å². The number of fused-ring (bicyclic) bond motifs is 1. The van der Waals surface area contributed by atoms with Crippen molar-refractivity contribution in [1.29, 1.82) is 0 Å². The van der Waals surface area contributed by atoms with Gasteiger partial charge in [-0.25, -0.2) is 4.68 Å². The van der Waals surface area contributed by atoms with Gasteiger partial charge < -0.3 is 0 Å². The Labute approximate surface area is 186 Å². The third kappa shape index (κ3) is 4.71. The van der Waals surface area contributed by atoms with Crippen LogP contribution in [0.5, 0.6) is 0 Å². The minimum atomic E-state index is -0.590. The Morgan fingerprint density at radius 2 is 1.66 bits per heavy atom. The summed E-state index contributed by atoms with van der Waals surface area (Å²) in [5, 5.41) is 9.60. The van der Waals surface area contributed by atoms with Gasteiger partial charge in [-0.1, -0.05) is 32.0 Å². The lowest BCUT2D eigenvalue weighted by atomic mass is 10.1. The van der Waals surface area contributed by atoms with Gasteiger partial charge in [0.2, 0.25) is 5.91 Å². The van der Waals surface area contributed by atoms with Crippen LogP contribution < -0.4 is 16.4 Å². The van der Waals surface area contributed by atoms with Gasteiger partial charge in [-0.05, 0) is 39.7 Å². The van der Waals surface area contributed by atoms with Gasteiger partial charge in [0.25, 0.3) is 11.5 Å². The zero-order chi connectivity index (χ0) is 23.6. The van der Waals surface area contributed by atoms with Gasteiger partial charge in [0.1, 0.15) is 0 Å². The SMILES string of the molecule is Cc1nn(CC(C)C)c(C)c1CC(=O)NNC(=O)c1nn(C(C)C)c(=O)c2ccccc12.